The summed E-state index contributed by atoms with van der Waals surface area (Å²) in [7, 11) is 3.92. The maximum absolute atomic E-state index is 5.63. The molecule has 0 atom stereocenters. The van der Waals surface area contributed by atoms with Gasteiger partial charge in [-0.2, -0.15) is 0 Å². The van der Waals surface area contributed by atoms with Crippen molar-refractivity contribution in [2.45, 2.75) is 0 Å². The Kier molecular flexibility index (Phi) is 3.27. The van der Waals surface area contributed by atoms with E-state index in [0.29, 0.717) is 4.99 Å². The number of thiocarbonyl (C=S) groups is 1. The second-order valence-corrected chi connectivity index (χ2v) is 4.19. The Labute approximate surface area is 91.9 Å². The first-order valence-electron chi connectivity index (χ1n) is 3.79. The van der Waals surface area contributed by atoms with Crippen molar-refractivity contribution in [1.29, 1.82) is 0 Å². The van der Waals surface area contributed by atoms with Crippen LogP contribution in [0.5, 0.6) is 0 Å². The quantitative estimate of drug-likeness (QED) is 0.825. The number of halogens is 1. The van der Waals surface area contributed by atoms with E-state index in [-0.39, 0.29) is 0 Å². The number of anilines is 1. The molecule has 0 spiro atoms. The van der Waals surface area contributed by atoms with E-state index in [1.165, 1.54) is 0 Å². The van der Waals surface area contributed by atoms with Gasteiger partial charge in [0.15, 0.2) is 0 Å². The summed E-state index contributed by atoms with van der Waals surface area (Å²) in [6.07, 6.45) is 0. The number of hydrogen-bond donors (Lipinski definition) is 1. The van der Waals surface area contributed by atoms with Gasteiger partial charge in [0.05, 0.1) is 0 Å². The van der Waals surface area contributed by atoms with Crippen LogP contribution in [0.1, 0.15) is 5.56 Å². The maximum atomic E-state index is 5.63. The molecule has 0 radical (unpaired) electrons. The van der Waals surface area contributed by atoms with Crippen molar-refractivity contribution in [2.75, 3.05) is 19.0 Å². The summed E-state index contributed by atoms with van der Waals surface area (Å²) in [6.45, 7) is 0. The van der Waals surface area contributed by atoms with E-state index in [2.05, 4.69) is 15.9 Å². The molecule has 0 heterocycles. The Bertz CT molecular complexity index is 336. The molecule has 0 aliphatic rings. The summed E-state index contributed by atoms with van der Waals surface area (Å²) < 4.78 is 0.936. The monoisotopic (exact) mass is 258 g/mol. The summed E-state index contributed by atoms with van der Waals surface area (Å²) in [5.74, 6) is 0. The van der Waals surface area contributed by atoms with Crippen LogP contribution in [0.4, 0.5) is 5.69 Å². The molecule has 0 saturated heterocycles. The zero-order valence-electron chi connectivity index (χ0n) is 7.54. The number of nitrogens with zero attached hydrogens (tertiary/aromatic N) is 1. The van der Waals surface area contributed by atoms with Gasteiger partial charge in [-0.1, -0.05) is 18.3 Å². The van der Waals surface area contributed by atoms with Crippen molar-refractivity contribution >= 4 is 38.8 Å². The molecule has 4 heteroatoms. The van der Waals surface area contributed by atoms with Crippen LogP contribution in [0.3, 0.4) is 0 Å². The molecule has 2 N–H and O–H groups in total. The number of benzene rings is 1. The average Bonchev–Trinajstić information content (AvgIpc) is 2.02. The van der Waals surface area contributed by atoms with Crippen LogP contribution >= 0.6 is 28.1 Å². The molecule has 0 aromatic heterocycles. The third kappa shape index (κ3) is 2.19. The van der Waals surface area contributed by atoms with Crippen molar-refractivity contribution in [3.8, 4) is 0 Å². The van der Waals surface area contributed by atoms with Gasteiger partial charge in [0.1, 0.15) is 4.99 Å². The average molecular weight is 259 g/mol. The number of hydrogen-bond acceptors (Lipinski definition) is 2. The zero-order valence-corrected chi connectivity index (χ0v) is 9.95. The fraction of sp³-hybridized carbons (Fsp3) is 0.222. The first-order chi connectivity index (χ1) is 6.04. The second kappa shape index (κ2) is 4.07. The Hall–Kier alpha value is -0.610. The first-order valence-corrected chi connectivity index (χ1v) is 5.00. The largest absolute Gasteiger partial charge is 0.389 e. The standard InChI is InChI=1S/C9H11BrN2S/c1-12(2)7-5-3-4-6(10)8(7)9(11)13/h3-5H,1-2H3,(H2,11,13). The molecular formula is C9H11BrN2S. The lowest BCUT2D eigenvalue weighted by Gasteiger charge is -2.17. The normalized spacial score (nSPS) is 9.77. The molecule has 1 rings (SSSR count). The molecule has 70 valence electrons. The van der Waals surface area contributed by atoms with Gasteiger partial charge in [-0.15, -0.1) is 0 Å². The van der Waals surface area contributed by atoms with Crippen LogP contribution in [0.25, 0.3) is 0 Å². The van der Waals surface area contributed by atoms with E-state index in [0.717, 1.165) is 15.7 Å². The molecule has 0 aliphatic carbocycles. The van der Waals surface area contributed by atoms with Crippen LogP contribution in [0.15, 0.2) is 22.7 Å². The van der Waals surface area contributed by atoms with Crippen molar-refractivity contribution in [2.24, 2.45) is 5.73 Å². The molecule has 1 aromatic carbocycles. The van der Waals surface area contributed by atoms with Crippen LogP contribution in [0.2, 0.25) is 0 Å². The smallest absolute Gasteiger partial charge is 0.107 e. The fourth-order valence-electron chi connectivity index (χ4n) is 1.13. The van der Waals surface area contributed by atoms with Crippen LogP contribution in [-0.2, 0) is 0 Å². The number of nitrogens with two attached hydrogens (primary N) is 1. The highest BCUT2D eigenvalue weighted by atomic mass is 79.9. The van der Waals surface area contributed by atoms with E-state index in [1.807, 2.05) is 37.2 Å². The van der Waals surface area contributed by atoms with E-state index >= 15 is 0 Å². The molecule has 0 aliphatic heterocycles. The first kappa shape index (κ1) is 10.5. The molecule has 0 amide bonds. The molecule has 13 heavy (non-hydrogen) atoms. The molecular weight excluding hydrogens is 248 g/mol. The lowest BCUT2D eigenvalue weighted by atomic mass is 10.1. The van der Waals surface area contributed by atoms with Crippen LogP contribution in [0, 0.1) is 0 Å². The Morgan fingerprint density at radius 1 is 1.46 bits per heavy atom. The van der Waals surface area contributed by atoms with Crippen molar-refractivity contribution in [1.82, 2.24) is 0 Å². The van der Waals surface area contributed by atoms with Gasteiger partial charge in [0.2, 0.25) is 0 Å². The Balaban J connectivity index is 3.34. The molecule has 0 bridgehead atoms. The maximum Gasteiger partial charge on any atom is 0.107 e. The molecule has 0 saturated carbocycles. The van der Waals surface area contributed by atoms with Gasteiger partial charge in [0, 0.05) is 29.8 Å². The molecule has 1 aromatic rings. The second-order valence-electron chi connectivity index (χ2n) is 2.89. The van der Waals surface area contributed by atoms with Gasteiger partial charge < -0.3 is 10.6 Å². The fourth-order valence-corrected chi connectivity index (χ4v) is 2.04. The molecule has 0 fully saturated rings. The summed E-state index contributed by atoms with van der Waals surface area (Å²) in [5.41, 5.74) is 7.55. The third-order valence-electron chi connectivity index (χ3n) is 1.72. The van der Waals surface area contributed by atoms with E-state index < -0.39 is 0 Å². The highest BCUT2D eigenvalue weighted by molar-refractivity contribution is 9.10. The van der Waals surface area contributed by atoms with Crippen LogP contribution < -0.4 is 10.6 Å². The summed E-state index contributed by atoms with van der Waals surface area (Å²) >= 11 is 8.40. The summed E-state index contributed by atoms with van der Waals surface area (Å²) in [6, 6.07) is 5.88. The highest BCUT2D eigenvalue weighted by Crippen LogP contribution is 2.26. The van der Waals surface area contributed by atoms with Crippen LogP contribution in [-0.4, -0.2) is 19.1 Å². The van der Waals surface area contributed by atoms with Gasteiger partial charge in [-0.25, -0.2) is 0 Å². The lowest BCUT2D eigenvalue weighted by molar-refractivity contribution is 1.13. The zero-order chi connectivity index (χ0) is 10.0. The Morgan fingerprint density at radius 3 is 2.46 bits per heavy atom. The van der Waals surface area contributed by atoms with Crippen molar-refractivity contribution in [3.05, 3.63) is 28.2 Å². The predicted octanol–water partition coefficient (Wildman–Crippen LogP) is 2.15. The highest BCUT2D eigenvalue weighted by Gasteiger charge is 2.09. The lowest BCUT2D eigenvalue weighted by Crippen LogP contribution is -2.18. The van der Waals surface area contributed by atoms with Gasteiger partial charge in [-0.05, 0) is 28.1 Å². The summed E-state index contributed by atoms with van der Waals surface area (Å²) in [5, 5.41) is 0. The van der Waals surface area contributed by atoms with Gasteiger partial charge in [-0.3, -0.25) is 0 Å². The van der Waals surface area contributed by atoms with Gasteiger partial charge in [0.25, 0.3) is 0 Å². The molecule has 0 unspecified atom stereocenters. The van der Waals surface area contributed by atoms with Gasteiger partial charge >= 0.3 is 0 Å². The minimum absolute atomic E-state index is 0.413. The minimum atomic E-state index is 0.413. The van der Waals surface area contributed by atoms with Crippen molar-refractivity contribution in [3.63, 3.8) is 0 Å². The molecule has 2 nitrogen and oxygen atoms in total. The van der Waals surface area contributed by atoms with E-state index in [4.69, 9.17) is 18.0 Å². The summed E-state index contributed by atoms with van der Waals surface area (Å²) in [4.78, 5) is 2.40. The predicted molar refractivity (Wildman–Crippen MR) is 64.4 cm³/mol. The van der Waals surface area contributed by atoms with E-state index in [1.54, 1.807) is 0 Å². The third-order valence-corrected chi connectivity index (χ3v) is 2.58. The number of rotatable bonds is 2. The van der Waals surface area contributed by atoms with Crippen molar-refractivity contribution < 1.29 is 0 Å². The Morgan fingerprint density at radius 2 is 2.08 bits per heavy atom. The van der Waals surface area contributed by atoms with E-state index in [9.17, 15) is 0 Å². The SMILES string of the molecule is CN(C)c1cccc(Br)c1C(N)=S. The minimum Gasteiger partial charge on any atom is -0.389 e. The topological polar surface area (TPSA) is 29.3 Å².